The first-order chi connectivity index (χ1) is 14.2. The van der Waals surface area contributed by atoms with Crippen LogP contribution in [0.2, 0.25) is 0 Å². The Morgan fingerprint density at radius 2 is 1.93 bits per heavy atom. The topological polar surface area (TPSA) is 87.4 Å². The number of furan rings is 1. The van der Waals surface area contributed by atoms with Crippen molar-refractivity contribution >= 4 is 17.7 Å². The van der Waals surface area contributed by atoms with Gasteiger partial charge in [0.05, 0.1) is 12.5 Å². The SMILES string of the molecule is O=C(c1ccco1)N1CCN(c2nncc(NCCc3ccc(F)cc3)n2)CC1. The number of carbonyl (C=O) groups is 1. The normalized spacial score (nSPS) is 14.1. The molecule has 0 spiro atoms. The van der Waals surface area contributed by atoms with Gasteiger partial charge in [0.15, 0.2) is 11.6 Å². The number of aromatic nitrogens is 3. The molecule has 0 atom stereocenters. The highest BCUT2D eigenvalue weighted by molar-refractivity contribution is 5.91. The van der Waals surface area contributed by atoms with Crippen LogP contribution in [-0.4, -0.2) is 58.7 Å². The lowest BCUT2D eigenvalue weighted by atomic mass is 10.1. The van der Waals surface area contributed by atoms with Crippen LogP contribution >= 0.6 is 0 Å². The van der Waals surface area contributed by atoms with Crippen molar-refractivity contribution in [2.24, 2.45) is 0 Å². The lowest BCUT2D eigenvalue weighted by Gasteiger charge is -2.34. The summed E-state index contributed by atoms with van der Waals surface area (Å²) in [5.74, 6) is 1.17. The van der Waals surface area contributed by atoms with Gasteiger partial charge in [-0.1, -0.05) is 12.1 Å². The van der Waals surface area contributed by atoms with E-state index in [1.165, 1.54) is 18.4 Å². The van der Waals surface area contributed by atoms with Gasteiger partial charge in [0.2, 0.25) is 5.95 Å². The molecule has 1 aliphatic rings. The highest BCUT2D eigenvalue weighted by Crippen LogP contribution is 2.15. The summed E-state index contributed by atoms with van der Waals surface area (Å²) in [4.78, 5) is 20.6. The van der Waals surface area contributed by atoms with Gasteiger partial charge >= 0.3 is 0 Å². The van der Waals surface area contributed by atoms with Crippen molar-refractivity contribution < 1.29 is 13.6 Å². The van der Waals surface area contributed by atoms with E-state index in [9.17, 15) is 9.18 Å². The van der Waals surface area contributed by atoms with Crippen LogP contribution < -0.4 is 10.2 Å². The predicted molar refractivity (Wildman–Crippen MR) is 105 cm³/mol. The summed E-state index contributed by atoms with van der Waals surface area (Å²) >= 11 is 0. The Labute approximate surface area is 167 Å². The number of carbonyl (C=O) groups excluding carboxylic acids is 1. The Balaban J connectivity index is 1.29. The van der Waals surface area contributed by atoms with Crippen LogP contribution in [0.3, 0.4) is 0 Å². The molecule has 1 amide bonds. The Bertz CT molecular complexity index is 940. The molecule has 2 aromatic heterocycles. The molecule has 0 unspecified atom stereocenters. The summed E-state index contributed by atoms with van der Waals surface area (Å²) in [7, 11) is 0. The molecule has 0 saturated carbocycles. The van der Waals surface area contributed by atoms with Gasteiger partial charge in [0, 0.05) is 32.7 Å². The minimum atomic E-state index is -0.239. The molecule has 0 radical (unpaired) electrons. The highest BCUT2D eigenvalue weighted by Gasteiger charge is 2.25. The maximum absolute atomic E-state index is 13.0. The average molecular weight is 396 g/mol. The van der Waals surface area contributed by atoms with Crippen LogP contribution in [0.25, 0.3) is 0 Å². The molecule has 3 heterocycles. The third-order valence-electron chi connectivity index (χ3n) is 4.76. The van der Waals surface area contributed by atoms with Gasteiger partial charge in [-0.25, -0.2) is 4.39 Å². The standard InChI is InChI=1S/C20H21FN6O2/c21-16-5-3-15(4-6-16)7-8-22-18-14-23-25-20(24-18)27-11-9-26(10-12-27)19(28)17-2-1-13-29-17/h1-6,13-14H,7-12H2,(H,22,24,25). The molecule has 4 rings (SSSR count). The van der Waals surface area contributed by atoms with E-state index in [2.05, 4.69) is 20.5 Å². The summed E-state index contributed by atoms with van der Waals surface area (Å²) in [6, 6.07) is 9.82. The largest absolute Gasteiger partial charge is 0.459 e. The minimum Gasteiger partial charge on any atom is -0.459 e. The molecule has 1 aliphatic heterocycles. The second-order valence-electron chi connectivity index (χ2n) is 6.70. The predicted octanol–water partition coefficient (Wildman–Crippen LogP) is 2.22. The smallest absolute Gasteiger partial charge is 0.289 e. The molecule has 1 N–H and O–H groups in total. The van der Waals surface area contributed by atoms with Gasteiger partial charge in [0.1, 0.15) is 5.82 Å². The summed E-state index contributed by atoms with van der Waals surface area (Å²) in [5.41, 5.74) is 1.04. The number of halogens is 1. The van der Waals surface area contributed by atoms with Crippen LogP contribution in [0.1, 0.15) is 16.1 Å². The number of hydrogen-bond donors (Lipinski definition) is 1. The third kappa shape index (κ3) is 4.68. The number of rotatable bonds is 6. The summed E-state index contributed by atoms with van der Waals surface area (Å²) in [6.07, 6.45) is 3.82. The molecule has 29 heavy (non-hydrogen) atoms. The van der Waals surface area contributed by atoms with Crippen molar-refractivity contribution in [2.75, 3.05) is 42.9 Å². The molecule has 150 valence electrons. The van der Waals surface area contributed by atoms with Crippen LogP contribution in [0, 0.1) is 5.82 Å². The van der Waals surface area contributed by atoms with E-state index in [0.29, 0.717) is 50.3 Å². The van der Waals surface area contributed by atoms with Crippen molar-refractivity contribution in [3.8, 4) is 0 Å². The number of amides is 1. The number of nitrogens with zero attached hydrogens (tertiary/aromatic N) is 5. The number of benzene rings is 1. The zero-order valence-corrected chi connectivity index (χ0v) is 15.8. The minimum absolute atomic E-state index is 0.107. The van der Waals surface area contributed by atoms with Crippen molar-refractivity contribution in [2.45, 2.75) is 6.42 Å². The maximum Gasteiger partial charge on any atom is 0.289 e. The third-order valence-corrected chi connectivity index (χ3v) is 4.76. The lowest BCUT2D eigenvalue weighted by molar-refractivity contribution is 0.0714. The first kappa shape index (κ1) is 18.9. The number of anilines is 2. The maximum atomic E-state index is 13.0. The molecular formula is C20H21FN6O2. The Morgan fingerprint density at radius 1 is 1.14 bits per heavy atom. The number of hydrogen-bond acceptors (Lipinski definition) is 7. The van der Waals surface area contributed by atoms with Gasteiger partial charge in [-0.05, 0) is 36.2 Å². The fraction of sp³-hybridized carbons (Fsp3) is 0.300. The van der Waals surface area contributed by atoms with Crippen LogP contribution in [0.4, 0.5) is 16.2 Å². The molecule has 9 heteroatoms. The van der Waals surface area contributed by atoms with Crippen molar-refractivity contribution in [3.05, 3.63) is 66.0 Å². The van der Waals surface area contributed by atoms with Crippen molar-refractivity contribution in [1.29, 1.82) is 0 Å². The highest BCUT2D eigenvalue weighted by atomic mass is 19.1. The zero-order chi connectivity index (χ0) is 20.1. The van der Waals surface area contributed by atoms with Gasteiger partial charge in [-0.3, -0.25) is 4.79 Å². The molecule has 0 bridgehead atoms. The van der Waals surface area contributed by atoms with Crippen LogP contribution in [0.15, 0.2) is 53.3 Å². The second-order valence-corrected chi connectivity index (χ2v) is 6.70. The van der Waals surface area contributed by atoms with E-state index in [-0.39, 0.29) is 11.7 Å². The first-order valence-electron chi connectivity index (χ1n) is 9.45. The van der Waals surface area contributed by atoms with Crippen LogP contribution in [-0.2, 0) is 6.42 Å². The molecule has 1 aromatic carbocycles. The van der Waals surface area contributed by atoms with Gasteiger partial charge in [-0.15, -0.1) is 5.10 Å². The molecule has 8 nitrogen and oxygen atoms in total. The Morgan fingerprint density at radius 3 is 2.66 bits per heavy atom. The van der Waals surface area contributed by atoms with Crippen molar-refractivity contribution in [1.82, 2.24) is 20.1 Å². The second kappa shape index (κ2) is 8.68. The Kier molecular flexibility index (Phi) is 5.64. The van der Waals surface area contributed by atoms with Crippen molar-refractivity contribution in [3.63, 3.8) is 0 Å². The monoisotopic (exact) mass is 396 g/mol. The number of nitrogens with one attached hydrogen (secondary N) is 1. The van der Waals surface area contributed by atoms with E-state index in [1.807, 2.05) is 4.90 Å². The van der Waals surface area contributed by atoms with E-state index in [4.69, 9.17) is 4.42 Å². The molecule has 3 aromatic rings. The fourth-order valence-corrected chi connectivity index (χ4v) is 3.16. The Hall–Kier alpha value is -3.49. The quantitative estimate of drug-likeness (QED) is 0.684. The van der Waals surface area contributed by atoms with E-state index < -0.39 is 0 Å². The zero-order valence-electron chi connectivity index (χ0n) is 15.8. The summed E-state index contributed by atoms with van der Waals surface area (Å²) < 4.78 is 18.1. The van der Waals surface area contributed by atoms with Crippen LogP contribution in [0.5, 0.6) is 0 Å². The molecule has 1 saturated heterocycles. The first-order valence-corrected chi connectivity index (χ1v) is 9.45. The average Bonchev–Trinajstić information content (AvgIpc) is 3.30. The molecule has 0 aliphatic carbocycles. The summed E-state index contributed by atoms with van der Waals surface area (Å²) in [5, 5.41) is 11.4. The van der Waals surface area contributed by atoms with Gasteiger partial charge in [-0.2, -0.15) is 10.1 Å². The molecular weight excluding hydrogens is 375 g/mol. The molecule has 1 fully saturated rings. The van der Waals surface area contributed by atoms with Gasteiger partial charge in [0.25, 0.3) is 5.91 Å². The van der Waals surface area contributed by atoms with E-state index in [1.54, 1.807) is 35.4 Å². The summed E-state index contributed by atoms with van der Waals surface area (Å²) in [6.45, 7) is 3.01. The van der Waals surface area contributed by atoms with E-state index >= 15 is 0 Å². The van der Waals surface area contributed by atoms with Gasteiger partial charge < -0.3 is 19.5 Å². The van der Waals surface area contributed by atoms with E-state index in [0.717, 1.165) is 12.0 Å². The lowest BCUT2D eigenvalue weighted by Crippen LogP contribution is -2.49. The fourth-order valence-electron chi connectivity index (χ4n) is 3.16. The number of piperazine rings is 1.